The first-order valence-corrected chi connectivity index (χ1v) is 10.2. The minimum absolute atomic E-state index is 0.0494. The topological polar surface area (TPSA) is 80.2 Å². The first kappa shape index (κ1) is 18.7. The van der Waals surface area contributed by atoms with Gasteiger partial charge >= 0.3 is 0 Å². The molecule has 0 bridgehead atoms. The van der Waals surface area contributed by atoms with Crippen molar-refractivity contribution >= 4 is 11.7 Å². The van der Waals surface area contributed by atoms with Crippen molar-refractivity contribution in [3.63, 3.8) is 0 Å². The van der Waals surface area contributed by atoms with Crippen molar-refractivity contribution in [1.29, 1.82) is 0 Å². The van der Waals surface area contributed by atoms with Crippen LogP contribution in [0.2, 0.25) is 0 Å². The van der Waals surface area contributed by atoms with Crippen LogP contribution in [0.3, 0.4) is 0 Å². The van der Waals surface area contributed by atoms with Crippen LogP contribution in [0.1, 0.15) is 44.1 Å². The van der Waals surface area contributed by atoms with Gasteiger partial charge in [0.25, 0.3) is 0 Å². The highest BCUT2D eigenvalue weighted by molar-refractivity contribution is 5.79. The van der Waals surface area contributed by atoms with Crippen molar-refractivity contribution in [1.82, 2.24) is 20.3 Å². The summed E-state index contributed by atoms with van der Waals surface area (Å²) in [4.78, 5) is 27.8. The Hall–Kier alpha value is -2.70. The van der Waals surface area contributed by atoms with Gasteiger partial charge in [0.05, 0.1) is 12.1 Å². The molecule has 0 radical (unpaired) electrons. The van der Waals surface area contributed by atoms with Crippen LogP contribution in [-0.2, 0) is 11.3 Å². The number of hydrogen-bond acceptors (Lipinski definition) is 6. The van der Waals surface area contributed by atoms with Crippen molar-refractivity contribution in [3.05, 3.63) is 42.5 Å². The van der Waals surface area contributed by atoms with Gasteiger partial charge in [-0.05, 0) is 44.6 Å². The number of rotatable bonds is 6. The van der Waals surface area contributed by atoms with Gasteiger partial charge in [0.2, 0.25) is 11.8 Å². The predicted octanol–water partition coefficient (Wildman–Crippen LogP) is 2.73. The fourth-order valence-electron chi connectivity index (χ4n) is 4.01. The molecule has 2 aromatic rings. The first-order chi connectivity index (χ1) is 13.8. The SMILES string of the molecule is O=C(NCc1cccnc1OC1CCCC1)[C@H]1CCCN(c2cnccn2)C1. The highest BCUT2D eigenvalue weighted by Gasteiger charge is 2.27. The van der Waals surface area contributed by atoms with Gasteiger partial charge in [-0.3, -0.25) is 9.78 Å². The largest absolute Gasteiger partial charge is 0.474 e. The van der Waals surface area contributed by atoms with Crippen molar-refractivity contribution in [2.24, 2.45) is 5.92 Å². The maximum absolute atomic E-state index is 12.8. The van der Waals surface area contributed by atoms with Crippen molar-refractivity contribution in [2.45, 2.75) is 51.2 Å². The minimum atomic E-state index is -0.0494. The smallest absolute Gasteiger partial charge is 0.225 e. The zero-order chi connectivity index (χ0) is 19.2. The average molecular weight is 381 g/mol. The molecular formula is C21H27N5O2. The van der Waals surface area contributed by atoms with Gasteiger partial charge in [-0.1, -0.05) is 6.07 Å². The molecule has 28 heavy (non-hydrogen) atoms. The van der Waals surface area contributed by atoms with E-state index in [0.29, 0.717) is 19.0 Å². The number of anilines is 1. The molecule has 1 atom stereocenters. The number of pyridine rings is 1. The zero-order valence-corrected chi connectivity index (χ0v) is 16.1. The third kappa shape index (κ3) is 4.58. The Morgan fingerprint density at radius 3 is 2.86 bits per heavy atom. The molecule has 1 saturated heterocycles. The molecule has 1 saturated carbocycles. The minimum Gasteiger partial charge on any atom is -0.474 e. The van der Waals surface area contributed by atoms with Crippen LogP contribution >= 0.6 is 0 Å². The highest BCUT2D eigenvalue weighted by atomic mass is 16.5. The summed E-state index contributed by atoms with van der Waals surface area (Å²) in [5.41, 5.74) is 0.935. The van der Waals surface area contributed by atoms with Crippen LogP contribution < -0.4 is 15.0 Å². The van der Waals surface area contributed by atoms with E-state index < -0.39 is 0 Å². The molecule has 148 valence electrons. The number of hydrogen-bond donors (Lipinski definition) is 1. The lowest BCUT2D eigenvalue weighted by Gasteiger charge is -2.32. The molecule has 0 aromatic carbocycles. The molecule has 2 aliphatic rings. The van der Waals surface area contributed by atoms with E-state index in [1.54, 1.807) is 24.8 Å². The Morgan fingerprint density at radius 1 is 1.14 bits per heavy atom. The van der Waals surface area contributed by atoms with E-state index in [0.717, 1.165) is 43.6 Å². The Kier molecular flexibility index (Phi) is 5.99. The van der Waals surface area contributed by atoms with E-state index in [9.17, 15) is 4.79 Å². The predicted molar refractivity (Wildman–Crippen MR) is 106 cm³/mol. The molecular weight excluding hydrogens is 354 g/mol. The maximum atomic E-state index is 12.8. The number of nitrogens with zero attached hydrogens (tertiary/aromatic N) is 4. The monoisotopic (exact) mass is 381 g/mol. The number of carbonyl (C=O) groups excluding carboxylic acids is 1. The number of aromatic nitrogens is 3. The summed E-state index contributed by atoms with van der Waals surface area (Å²) in [5.74, 6) is 1.51. The lowest BCUT2D eigenvalue weighted by Crippen LogP contribution is -2.43. The van der Waals surface area contributed by atoms with Crippen LogP contribution in [0.5, 0.6) is 5.88 Å². The number of amides is 1. The quantitative estimate of drug-likeness (QED) is 0.829. The van der Waals surface area contributed by atoms with E-state index in [1.807, 2.05) is 12.1 Å². The molecule has 7 nitrogen and oxygen atoms in total. The number of carbonyl (C=O) groups is 1. The van der Waals surface area contributed by atoms with E-state index in [1.165, 1.54) is 12.8 Å². The van der Waals surface area contributed by atoms with E-state index in [2.05, 4.69) is 25.2 Å². The summed E-state index contributed by atoms with van der Waals surface area (Å²) >= 11 is 0. The first-order valence-electron chi connectivity index (χ1n) is 10.2. The van der Waals surface area contributed by atoms with Crippen LogP contribution in [0.4, 0.5) is 5.82 Å². The van der Waals surface area contributed by atoms with Crippen LogP contribution in [0, 0.1) is 5.92 Å². The normalized spacial score (nSPS) is 20.1. The van der Waals surface area contributed by atoms with Crippen LogP contribution in [0.25, 0.3) is 0 Å². The van der Waals surface area contributed by atoms with Gasteiger partial charge in [-0.25, -0.2) is 9.97 Å². The molecule has 0 spiro atoms. The number of ether oxygens (including phenoxy) is 1. The molecule has 7 heteroatoms. The fourth-order valence-corrected chi connectivity index (χ4v) is 4.01. The van der Waals surface area contributed by atoms with Gasteiger partial charge in [-0.2, -0.15) is 0 Å². The van der Waals surface area contributed by atoms with Gasteiger partial charge in [-0.15, -0.1) is 0 Å². The van der Waals surface area contributed by atoms with Gasteiger partial charge < -0.3 is 15.0 Å². The Morgan fingerprint density at radius 2 is 2.04 bits per heavy atom. The average Bonchev–Trinajstić information content (AvgIpc) is 3.27. The number of nitrogens with one attached hydrogen (secondary N) is 1. The summed E-state index contributed by atoms with van der Waals surface area (Å²) in [5, 5.41) is 3.08. The zero-order valence-electron chi connectivity index (χ0n) is 16.1. The highest BCUT2D eigenvalue weighted by Crippen LogP contribution is 2.25. The second-order valence-electron chi connectivity index (χ2n) is 7.56. The van der Waals surface area contributed by atoms with Crippen molar-refractivity contribution in [2.75, 3.05) is 18.0 Å². The Balaban J connectivity index is 1.34. The van der Waals surface area contributed by atoms with Gasteiger partial charge in [0, 0.05) is 43.8 Å². The molecule has 1 aliphatic heterocycles. The molecule has 3 heterocycles. The van der Waals surface area contributed by atoms with E-state index in [4.69, 9.17) is 4.74 Å². The fraction of sp³-hybridized carbons (Fsp3) is 0.524. The van der Waals surface area contributed by atoms with Crippen LogP contribution in [-0.4, -0.2) is 40.1 Å². The standard InChI is InChI=1S/C21H27N5O2/c27-20(17-6-4-12-26(15-17)19-14-22-10-11-23-19)25-13-16-5-3-9-24-21(16)28-18-7-1-2-8-18/h3,5,9-11,14,17-18H,1-2,4,6-8,12-13,15H2,(H,25,27)/t17-/m0/s1. The lowest BCUT2D eigenvalue weighted by atomic mass is 9.97. The third-order valence-electron chi connectivity index (χ3n) is 5.55. The van der Waals surface area contributed by atoms with Crippen molar-refractivity contribution in [3.8, 4) is 5.88 Å². The van der Waals surface area contributed by atoms with Gasteiger partial charge in [0.1, 0.15) is 11.9 Å². The number of piperidine rings is 1. The summed E-state index contributed by atoms with van der Waals surface area (Å²) in [6, 6.07) is 3.86. The summed E-state index contributed by atoms with van der Waals surface area (Å²) in [7, 11) is 0. The lowest BCUT2D eigenvalue weighted by molar-refractivity contribution is -0.125. The summed E-state index contributed by atoms with van der Waals surface area (Å²) in [6.45, 7) is 2.02. The molecule has 1 amide bonds. The Labute approximate surface area is 165 Å². The maximum Gasteiger partial charge on any atom is 0.225 e. The van der Waals surface area contributed by atoms with Crippen molar-refractivity contribution < 1.29 is 9.53 Å². The second-order valence-corrected chi connectivity index (χ2v) is 7.56. The summed E-state index contributed by atoms with van der Waals surface area (Å²) in [6.07, 6.45) is 13.6. The summed E-state index contributed by atoms with van der Waals surface area (Å²) < 4.78 is 6.07. The molecule has 4 rings (SSSR count). The molecule has 0 unspecified atom stereocenters. The molecule has 1 aliphatic carbocycles. The van der Waals surface area contributed by atoms with E-state index >= 15 is 0 Å². The molecule has 1 N–H and O–H groups in total. The van der Waals surface area contributed by atoms with Crippen LogP contribution in [0.15, 0.2) is 36.9 Å². The molecule has 2 fully saturated rings. The third-order valence-corrected chi connectivity index (χ3v) is 5.55. The van der Waals surface area contributed by atoms with Gasteiger partial charge in [0.15, 0.2) is 0 Å². The van der Waals surface area contributed by atoms with E-state index in [-0.39, 0.29) is 17.9 Å². The molecule has 2 aromatic heterocycles. The Bertz CT molecular complexity index is 779. The second kappa shape index (κ2) is 8.99.